The third-order valence-electron chi connectivity index (χ3n) is 4.15. The van der Waals surface area contributed by atoms with Crippen molar-refractivity contribution in [2.75, 3.05) is 12.0 Å². The molecule has 0 N–H and O–H groups in total. The second-order valence-electron chi connectivity index (χ2n) is 5.96. The van der Waals surface area contributed by atoms with Crippen molar-refractivity contribution in [1.29, 1.82) is 0 Å². The van der Waals surface area contributed by atoms with E-state index in [9.17, 15) is 9.59 Å². The number of hydrogen-bond donors (Lipinski definition) is 0. The van der Waals surface area contributed by atoms with Gasteiger partial charge in [-0.05, 0) is 23.6 Å². The minimum Gasteiger partial charge on any atom is -0.495 e. The highest BCUT2D eigenvalue weighted by Gasteiger charge is 2.21. The second-order valence-corrected chi connectivity index (χ2v) is 7.70. The molecule has 3 aromatic heterocycles. The number of rotatable bonds is 5. The summed E-state index contributed by atoms with van der Waals surface area (Å²) in [5, 5.41) is 4.81. The quantitative estimate of drug-likeness (QED) is 0.500. The Balaban J connectivity index is 1.68. The van der Waals surface area contributed by atoms with Gasteiger partial charge in [0, 0.05) is 12.3 Å². The van der Waals surface area contributed by atoms with Crippen molar-refractivity contribution >= 4 is 49.6 Å². The molecular weight excluding hydrogens is 396 g/mol. The van der Waals surface area contributed by atoms with Crippen LogP contribution < -0.4 is 15.2 Å². The van der Waals surface area contributed by atoms with Crippen molar-refractivity contribution in [1.82, 2.24) is 14.5 Å². The minimum absolute atomic E-state index is 0.103. The van der Waals surface area contributed by atoms with Crippen LogP contribution in [0.4, 0.5) is 10.8 Å². The monoisotopic (exact) mass is 412 g/mol. The zero-order valence-electron chi connectivity index (χ0n) is 15.2. The fourth-order valence-corrected chi connectivity index (χ4v) is 4.47. The number of amides is 1. The maximum atomic E-state index is 12.6. The number of carbonyl (C=O) groups excluding carboxylic acids is 1. The molecule has 1 amide bonds. The van der Waals surface area contributed by atoms with Crippen LogP contribution in [0.3, 0.4) is 0 Å². The van der Waals surface area contributed by atoms with Crippen molar-refractivity contribution in [3.63, 3.8) is 0 Å². The lowest BCUT2D eigenvalue weighted by Gasteiger charge is -2.20. The predicted molar refractivity (Wildman–Crippen MR) is 111 cm³/mol. The number of ether oxygens (including phenoxy) is 1. The summed E-state index contributed by atoms with van der Waals surface area (Å²) >= 11 is 2.77. The number of thiazole rings is 1. The van der Waals surface area contributed by atoms with Crippen LogP contribution in [0.15, 0.2) is 52.2 Å². The molecule has 4 aromatic rings. The van der Waals surface area contributed by atoms with Crippen molar-refractivity contribution in [3.8, 4) is 5.75 Å². The molecule has 4 rings (SSSR count). The Morgan fingerprint density at radius 2 is 2.07 bits per heavy atom. The fraction of sp³-hybridized carbons (Fsp3) is 0.158. The number of benzene rings is 1. The molecule has 0 aliphatic rings. The zero-order valence-corrected chi connectivity index (χ0v) is 16.8. The molecule has 28 heavy (non-hydrogen) atoms. The molecule has 7 nitrogen and oxygen atoms in total. The van der Waals surface area contributed by atoms with E-state index < -0.39 is 0 Å². The van der Waals surface area contributed by atoms with Crippen LogP contribution in [0.25, 0.3) is 10.2 Å². The molecular formula is C19H16N4O3S2. The zero-order chi connectivity index (χ0) is 19.7. The summed E-state index contributed by atoms with van der Waals surface area (Å²) in [6.07, 6.45) is 1.53. The molecule has 0 radical (unpaired) electrons. The minimum atomic E-state index is -0.177. The maximum absolute atomic E-state index is 12.6. The first-order valence-electron chi connectivity index (χ1n) is 8.39. The van der Waals surface area contributed by atoms with Gasteiger partial charge < -0.3 is 4.74 Å². The normalized spacial score (nSPS) is 10.9. The lowest BCUT2D eigenvalue weighted by atomic mass is 10.2. The first-order valence-corrected chi connectivity index (χ1v) is 10.1. The van der Waals surface area contributed by atoms with Gasteiger partial charge in [0.25, 0.3) is 5.56 Å². The first kappa shape index (κ1) is 18.3. The van der Waals surface area contributed by atoms with E-state index in [-0.39, 0.29) is 18.0 Å². The number of methoxy groups -OCH3 is 1. The summed E-state index contributed by atoms with van der Waals surface area (Å²) in [4.78, 5) is 36.0. The molecule has 0 fully saturated rings. The Hall–Kier alpha value is -3.04. The number of fused-ring (bicyclic) bond motifs is 1. The van der Waals surface area contributed by atoms with E-state index in [0.29, 0.717) is 27.6 Å². The Kier molecular flexibility index (Phi) is 4.93. The molecule has 1 aromatic carbocycles. The number of thiophene rings is 1. The van der Waals surface area contributed by atoms with E-state index in [1.54, 1.807) is 25.3 Å². The SMILES string of the molecule is COc1ccccc1N(C(C)=O)c1nc(Cn2cnc3sccc3c2=O)cs1. The Bertz CT molecular complexity index is 1210. The summed E-state index contributed by atoms with van der Waals surface area (Å²) in [6, 6.07) is 9.05. The molecule has 0 saturated carbocycles. The molecule has 142 valence electrons. The molecule has 0 atom stereocenters. The molecule has 0 aliphatic carbocycles. The average Bonchev–Trinajstić information content (AvgIpc) is 3.34. The lowest BCUT2D eigenvalue weighted by Crippen LogP contribution is -2.23. The average molecular weight is 412 g/mol. The van der Waals surface area contributed by atoms with Crippen LogP contribution in [0.1, 0.15) is 12.6 Å². The molecule has 0 aliphatic heterocycles. The van der Waals surface area contributed by atoms with Gasteiger partial charge in [-0.1, -0.05) is 12.1 Å². The highest BCUT2D eigenvalue weighted by molar-refractivity contribution is 7.16. The standard InChI is InChI=1S/C19H16N4O3S2/c1-12(24)23(15-5-3-4-6-16(15)26-2)19-21-13(10-28-19)9-22-11-20-17-14(18(22)25)7-8-27-17/h3-8,10-11H,9H2,1-2H3. The van der Waals surface area contributed by atoms with Gasteiger partial charge in [0.1, 0.15) is 10.6 Å². The Morgan fingerprint density at radius 1 is 1.25 bits per heavy atom. The van der Waals surface area contributed by atoms with E-state index in [0.717, 1.165) is 4.83 Å². The number of aromatic nitrogens is 3. The van der Waals surface area contributed by atoms with E-state index in [2.05, 4.69) is 9.97 Å². The predicted octanol–water partition coefficient (Wildman–Crippen LogP) is 3.66. The van der Waals surface area contributed by atoms with Crippen LogP contribution >= 0.6 is 22.7 Å². The lowest BCUT2D eigenvalue weighted by molar-refractivity contribution is -0.115. The third-order valence-corrected chi connectivity index (χ3v) is 5.85. The highest BCUT2D eigenvalue weighted by Crippen LogP contribution is 2.35. The molecule has 0 saturated heterocycles. The highest BCUT2D eigenvalue weighted by atomic mass is 32.1. The van der Waals surface area contributed by atoms with Gasteiger partial charge in [-0.2, -0.15) is 0 Å². The molecule has 3 heterocycles. The van der Waals surface area contributed by atoms with Crippen molar-refractivity contribution < 1.29 is 9.53 Å². The number of carbonyl (C=O) groups is 1. The van der Waals surface area contributed by atoms with Crippen LogP contribution in [-0.2, 0) is 11.3 Å². The topological polar surface area (TPSA) is 77.3 Å². The van der Waals surface area contributed by atoms with E-state index >= 15 is 0 Å². The van der Waals surface area contributed by atoms with Crippen LogP contribution in [0.5, 0.6) is 5.75 Å². The summed E-state index contributed by atoms with van der Waals surface area (Å²) in [7, 11) is 1.56. The summed E-state index contributed by atoms with van der Waals surface area (Å²) in [5.41, 5.74) is 1.20. The van der Waals surface area contributed by atoms with Crippen molar-refractivity contribution in [2.45, 2.75) is 13.5 Å². The summed E-state index contributed by atoms with van der Waals surface area (Å²) in [6.45, 7) is 1.76. The van der Waals surface area contributed by atoms with Gasteiger partial charge >= 0.3 is 0 Å². The molecule has 0 bridgehead atoms. The maximum Gasteiger partial charge on any atom is 0.262 e. The number of para-hydroxylation sites is 2. The summed E-state index contributed by atoms with van der Waals surface area (Å²) < 4.78 is 6.90. The third kappa shape index (κ3) is 3.30. The van der Waals surface area contributed by atoms with E-state index in [1.807, 2.05) is 22.9 Å². The van der Waals surface area contributed by atoms with Gasteiger partial charge in [0.05, 0.1) is 36.7 Å². The van der Waals surface area contributed by atoms with Crippen LogP contribution in [-0.4, -0.2) is 27.6 Å². The number of hydrogen-bond acceptors (Lipinski definition) is 7. The smallest absolute Gasteiger partial charge is 0.262 e. The Labute approximate surface area is 168 Å². The molecule has 9 heteroatoms. The second kappa shape index (κ2) is 7.53. The first-order chi connectivity index (χ1) is 13.6. The fourth-order valence-electron chi connectivity index (χ4n) is 2.87. The van der Waals surface area contributed by atoms with Gasteiger partial charge in [-0.3, -0.25) is 19.1 Å². The molecule has 0 unspecified atom stereocenters. The number of nitrogens with zero attached hydrogens (tertiary/aromatic N) is 4. The largest absolute Gasteiger partial charge is 0.495 e. The molecule has 0 spiro atoms. The van der Waals surface area contributed by atoms with Gasteiger partial charge in [0.2, 0.25) is 5.91 Å². The van der Waals surface area contributed by atoms with Gasteiger partial charge in [-0.25, -0.2) is 9.97 Å². The summed E-state index contributed by atoms with van der Waals surface area (Å²) in [5.74, 6) is 0.404. The van der Waals surface area contributed by atoms with Gasteiger partial charge in [0.15, 0.2) is 5.13 Å². The van der Waals surface area contributed by atoms with Crippen LogP contribution in [0, 0.1) is 0 Å². The van der Waals surface area contributed by atoms with Gasteiger partial charge in [-0.15, -0.1) is 22.7 Å². The van der Waals surface area contributed by atoms with E-state index in [1.165, 1.54) is 45.4 Å². The van der Waals surface area contributed by atoms with Crippen molar-refractivity contribution in [2.24, 2.45) is 0 Å². The number of anilines is 2. The Morgan fingerprint density at radius 3 is 2.86 bits per heavy atom. The van der Waals surface area contributed by atoms with E-state index in [4.69, 9.17) is 4.74 Å². The van der Waals surface area contributed by atoms with Crippen LogP contribution in [0.2, 0.25) is 0 Å². The van der Waals surface area contributed by atoms with Crippen molar-refractivity contribution in [3.05, 3.63) is 63.5 Å².